The lowest BCUT2D eigenvalue weighted by Crippen LogP contribution is -2.42. The minimum Gasteiger partial charge on any atom is -0.340 e. The number of aromatic nitrogens is 19. The molecular weight excluding hydrogens is 1840 g/mol. The second kappa shape index (κ2) is 43.4. The summed E-state index contributed by atoms with van der Waals surface area (Å²) < 4.78 is 18.1. The highest BCUT2D eigenvalue weighted by Gasteiger charge is 2.34. The van der Waals surface area contributed by atoms with Crippen LogP contribution in [0.5, 0.6) is 0 Å². The van der Waals surface area contributed by atoms with E-state index in [0.717, 1.165) is 120 Å². The van der Waals surface area contributed by atoms with Crippen LogP contribution in [0, 0.1) is 5.92 Å². The Labute approximate surface area is 839 Å². The molecular formula is C112H116N26O8. The van der Waals surface area contributed by atoms with Gasteiger partial charge >= 0.3 is 22.8 Å². The minimum atomic E-state index is -0.444. The van der Waals surface area contributed by atoms with Crippen molar-refractivity contribution in [3.63, 3.8) is 0 Å². The highest BCUT2D eigenvalue weighted by atomic mass is 16.2. The fourth-order valence-corrected chi connectivity index (χ4v) is 19.5. The Morgan fingerprint density at radius 2 is 0.671 bits per heavy atom. The maximum atomic E-state index is 13.5. The summed E-state index contributed by atoms with van der Waals surface area (Å²) in [4.78, 5) is 119. The predicted molar refractivity (Wildman–Crippen MR) is 575 cm³/mol. The van der Waals surface area contributed by atoms with Gasteiger partial charge in [0.25, 0.3) is 22.2 Å². The summed E-state index contributed by atoms with van der Waals surface area (Å²) in [6, 6.07) is 88.4. The number of rotatable bonds is 26. The van der Waals surface area contributed by atoms with E-state index < -0.39 is 11.2 Å². The largest absolute Gasteiger partial charge is 0.340 e. The zero-order valence-corrected chi connectivity index (χ0v) is 82.4. The topological polar surface area (TPSA) is 398 Å². The number of benzene rings is 8. The first-order chi connectivity index (χ1) is 70.9. The summed E-state index contributed by atoms with van der Waals surface area (Å²) in [6.45, 7) is 9.84. The van der Waals surface area contributed by atoms with Crippen LogP contribution in [0.25, 0.3) is 77.9 Å². The monoisotopic (exact) mass is 1950 g/mol. The molecule has 1 aliphatic heterocycles. The normalized spacial score (nSPS) is 14.8. The van der Waals surface area contributed by atoms with E-state index in [0.29, 0.717) is 113 Å². The number of hydrogen-bond donors (Lipinski definition) is 7. The molecule has 2 saturated carbocycles. The maximum Gasteiger partial charge on any atom is 0.332 e. The van der Waals surface area contributed by atoms with Gasteiger partial charge in [0.05, 0.1) is 55.3 Å². The summed E-state index contributed by atoms with van der Waals surface area (Å²) in [5, 5.41) is 37.7. The fourth-order valence-electron chi connectivity index (χ4n) is 19.5. The van der Waals surface area contributed by atoms with E-state index in [9.17, 15) is 38.4 Å². The Hall–Kier alpha value is -17.1. The van der Waals surface area contributed by atoms with Crippen LogP contribution in [0.3, 0.4) is 0 Å². The second-order valence-electron chi connectivity index (χ2n) is 38.0. The van der Waals surface area contributed by atoms with Crippen molar-refractivity contribution in [2.75, 3.05) is 34.4 Å². The van der Waals surface area contributed by atoms with Crippen molar-refractivity contribution in [1.29, 1.82) is 0 Å². The van der Waals surface area contributed by atoms with Gasteiger partial charge in [-0.3, -0.25) is 70.7 Å². The van der Waals surface area contributed by atoms with E-state index in [-0.39, 0.29) is 70.4 Å². The second-order valence-corrected chi connectivity index (χ2v) is 38.0. The van der Waals surface area contributed by atoms with E-state index in [1.165, 1.54) is 73.1 Å². The molecule has 9 N–H and O–H groups in total. The molecule has 34 nitrogen and oxygen atoms in total. The lowest BCUT2D eigenvalue weighted by Gasteiger charge is -2.19. The van der Waals surface area contributed by atoms with Crippen molar-refractivity contribution in [3.8, 4) is 33.8 Å². The van der Waals surface area contributed by atoms with Crippen molar-refractivity contribution in [2.45, 2.75) is 141 Å². The van der Waals surface area contributed by atoms with Gasteiger partial charge < -0.3 is 38.1 Å². The number of para-hydroxylation sites is 4. The first-order valence-electron chi connectivity index (χ1n) is 49.4. The van der Waals surface area contributed by atoms with Crippen LogP contribution >= 0.6 is 0 Å². The van der Waals surface area contributed by atoms with Gasteiger partial charge in [0.2, 0.25) is 0 Å². The zero-order chi connectivity index (χ0) is 101. The predicted octanol–water partition coefficient (Wildman–Crippen LogP) is 15.2. The molecule has 0 amide bonds. The number of fused-ring (bicyclic) bond motifs is 4. The number of nitrogens with one attached hydrogen (secondary N) is 5. The van der Waals surface area contributed by atoms with E-state index in [4.69, 9.17) is 31.9 Å². The Kier molecular flexibility index (Phi) is 29.0. The van der Waals surface area contributed by atoms with E-state index in [1.807, 2.05) is 260 Å². The van der Waals surface area contributed by atoms with Crippen LogP contribution in [0.2, 0.25) is 0 Å². The number of pyridine rings is 3. The Morgan fingerprint density at radius 1 is 0.349 bits per heavy atom. The average molecular weight is 1950 g/mol. The maximum absolute atomic E-state index is 13.5. The van der Waals surface area contributed by atoms with Gasteiger partial charge in [0.1, 0.15) is 44.8 Å². The van der Waals surface area contributed by atoms with Crippen molar-refractivity contribution in [2.24, 2.45) is 45.6 Å². The highest BCUT2D eigenvalue weighted by Crippen LogP contribution is 2.38. The molecule has 0 radical (unpaired) electrons. The molecule has 12 heterocycles. The Balaban J connectivity index is 0.000000123. The van der Waals surface area contributed by atoms with Crippen LogP contribution in [-0.2, 0) is 67.5 Å². The molecule has 11 aromatic heterocycles. The number of hydrogen-bond acceptors (Lipinski definition) is 22. The van der Waals surface area contributed by atoms with Gasteiger partial charge in [0.15, 0.2) is 22.6 Å². The molecule has 1 saturated heterocycles. The number of anilines is 8. The standard InChI is InChI=1S/C29H29N7O2.C28H27N7O2.C28H33N5O2.C27H27N7O2/c1-34-28(37)25-26(32-21-8-3-2-4-9-21)35(33-27(25)36(29(34)38)24-12-7-10-22(24)30)18-19-13-15-20(16-14-19)23-11-5-6-17-31-23;1-33-27(36)24-25(31-21-7-3-2-4-8-21)34(32-26(24)35(28(33)37)22-14-16-29-17-22)18-19-10-12-20(13-11-19)23-9-5-6-15-30-23;1-19(2)17-32-26-24(27(34)31(3)28(32)35)25(29-23-11-5-4-6-12-23)33(30-26)18-20-13-15-22(16-14-20)21-9-7-8-10-21;1-18(28)16-33-25-23(26(35)32(2)27(33)36)24(30-21-8-4-3-5-9-21)34(31-25)17-19-11-13-20(14-12-19)22-10-6-7-15-29-22/h2-6,8-9,11,13-17,22,24,32H,7,10,12,18,30H2,1H3;2-13,15,22,29,31H,14,16-18H2,1H3;4-6,11-16,19,21,29H,7-10,17-18H2,1-3H3;3-15,18,30H,16-17,28H2,1-2H3. The molecule has 3 aliphatic rings. The molecule has 2 aliphatic carbocycles. The van der Waals surface area contributed by atoms with Crippen LogP contribution < -0.4 is 83.0 Å². The smallest absolute Gasteiger partial charge is 0.332 e. The van der Waals surface area contributed by atoms with Gasteiger partial charge in [0, 0.05) is 118 Å². The summed E-state index contributed by atoms with van der Waals surface area (Å²) in [5.74, 6) is 3.12. The van der Waals surface area contributed by atoms with Crippen molar-refractivity contribution in [3.05, 3.63) is 403 Å². The van der Waals surface area contributed by atoms with Crippen molar-refractivity contribution in [1.82, 2.24) is 95.9 Å². The third-order valence-corrected chi connectivity index (χ3v) is 27.1. The number of nitrogens with two attached hydrogens (primary N) is 2. The molecule has 8 aromatic carbocycles. The van der Waals surface area contributed by atoms with Crippen LogP contribution in [-0.4, -0.2) is 116 Å². The quantitative estimate of drug-likeness (QED) is 0.0265. The third-order valence-electron chi connectivity index (χ3n) is 27.1. The molecule has 742 valence electrons. The summed E-state index contributed by atoms with van der Waals surface area (Å²) in [6.07, 6.45) is 13.8. The van der Waals surface area contributed by atoms with Crippen LogP contribution in [0.4, 0.5) is 46.0 Å². The van der Waals surface area contributed by atoms with Gasteiger partial charge in [-0.05, 0) is 177 Å². The molecule has 19 aromatic rings. The van der Waals surface area contributed by atoms with Crippen molar-refractivity contribution >= 4 is 90.2 Å². The van der Waals surface area contributed by atoms with Gasteiger partial charge in [-0.1, -0.05) is 215 Å². The molecule has 0 spiro atoms. The average Bonchev–Trinajstić information content (AvgIpc) is 1.59. The van der Waals surface area contributed by atoms with E-state index in [1.54, 1.807) is 46.3 Å². The summed E-state index contributed by atoms with van der Waals surface area (Å²) >= 11 is 0. The highest BCUT2D eigenvalue weighted by molar-refractivity contribution is 5.93. The van der Waals surface area contributed by atoms with E-state index >= 15 is 0 Å². The first-order valence-corrected chi connectivity index (χ1v) is 49.4. The van der Waals surface area contributed by atoms with Crippen LogP contribution in [0.1, 0.15) is 118 Å². The fraction of sp³-hybridized carbons (Fsp3) is 0.259. The van der Waals surface area contributed by atoms with Crippen molar-refractivity contribution < 1.29 is 0 Å². The SMILES string of the molecule is CC(C)Cn1c(=O)n(C)c(=O)c2c(Nc3ccccc3)n(Cc3ccc(C4CCCC4)cc3)nc21.CC(N)Cn1c(=O)n(C)c(=O)c2c(Nc3ccccc3)n(Cc3ccc(-c4ccccn4)cc3)nc21.Cn1c(=O)c2c(Nc3ccccc3)n(Cc3ccc(-c4ccccn4)cc3)nc2n(C2CCCC2N)c1=O.Cn1c(=O)c2c(Nc3ccccc3)n(Cc3ccc(-c4ccccn4)cc3)nc2n(C2CCNC2)c1=O. The zero-order valence-electron chi connectivity index (χ0n) is 82.4. The van der Waals surface area contributed by atoms with Gasteiger partial charge in [-0.15, -0.1) is 0 Å². The summed E-state index contributed by atoms with van der Waals surface area (Å²) in [5.41, 5.74) is 25.5. The Morgan fingerprint density at radius 3 is 0.993 bits per heavy atom. The molecule has 34 heteroatoms. The van der Waals surface area contributed by atoms with Gasteiger partial charge in [-0.25, -0.2) is 37.9 Å². The first kappa shape index (κ1) is 97.7. The minimum absolute atomic E-state index is 0.0626. The van der Waals surface area contributed by atoms with Gasteiger partial charge in [-0.2, -0.15) is 20.4 Å². The molecule has 0 bridgehead atoms. The Bertz CT molecular complexity index is 8400. The summed E-state index contributed by atoms with van der Waals surface area (Å²) in [7, 11) is 6.05. The number of nitrogens with zero attached hydrogens (tertiary/aromatic N) is 19. The third kappa shape index (κ3) is 20.8. The van der Waals surface area contributed by atoms with Crippen LogP contribution in [0.15, 0.2) is 330 Å². The molecule has 22 rings (SSSR count). The molecule has 4 atom stereocenters. The molecule has 4 unspecified atom stereocenters. The lowest BCUT2D eigenvalue weighted by atomic mass is 9.97. The van der Waals surface area contributed by atoms with E-state index in [2.05, 4.69) is 79.6 Å². The lowest BCUT2D eigenvalue weighted by molar-refractivity contribution is 0.441. The molecule has 146 heavy (non-hydrogen) atoms. The molecule has 3 fully saturated rings.